The monoisotopic (exact) mass is 356 g/mol. The maximum atomic E-state index is 12.7. The van der Waals surface area contributed by atoms with E-state index in [4.69, 9.17) is 9.47 Å². The Morgan fingerprint density at radius 1 is 1.31 bits per heavy atom. The first-order valence-corrected chi connectivity index (χ1v) is 9.58. The van der Waals surface area contributed by atoms with Crippen molar-refractivity contribution in [2.24, 2.45) is 17.8 Å². The van der Waals surface area contributed by atoms with E-state index in [1.165, 1.54) is 0 Å². The molecule has 1 aliphatic heterocycles. The Morgan fingerprint density at radius 3 is 2.85 bits per heavy atom. The van der Waals surface area contributed by atoms with E-state index >= 15 is 0 Å². The Kier molecular flexibility index (Phi) is 3.46. The first-order valence-electron chi connectivity index (χ1n) is 9.58. The number of ether oxygens (including phenoxy) is 2. The number of rotatable bonds is 3. The van der Waals surface area contributed by atoms with Crippen LogP contribution < -0.4 is 20.1 Å². The van der Waals surface area contributed by atoms with Crippen molar-refractivity contribution in [2.75, 3.05) is 7.11 Å². The minimum Gasteiger partial charge on any atom is -0.497 e. The van der Waals surface area contributed by atoms with Crippen LogP contribution in [0.1, 0.15) is 48.9 Å². The fraction of sp³-hybridized carbons (Fsp3) is 0.600. The third-order valence-electron chi connectivity index (χ3n) is 6.53. The third-order valence-corrected chi connectivity index (χ3v) is 6.53. The lowest BCUT2D eigenvalue weighted by Gasteiger charge is -2.55. The molecule has 1 aromatic carbocycles. The summed E-state index contributed by atoms with van der Waals surface area (Å²) < 4.78 is 11.7. The molecule has 5 aliphatic rings. The molecule has 4 atom stereocenters. The van der Waals surface area contributed by atoms with Gasteiger partial charge in [-0.15, -0.1) is 0 Å². The van der Waals surface area contributed by atoms with Crippen molar-refractivity contribution in [3.63, 3.8) is 0 Å². The van der Waals surface area contributed by atoms with Crippen molar-refractivity contribution in [3.8, 4) is 11.5 Å². The van der Waals surface area contributed by atoms with Crippen molar-refractivity contribution in [3.05, 3.63) is 23.8 Å². The fourth-order valence-corrected chi connectivity index (χ4v) is 4.98. The normalized spacial score (nSPS) is 34.7. The molecule has 2 bridgehead atoms. The standard InChI is InChI=1S/C20H24N2O4/c1-25-14-6-7-15-17(9-14)26-20(22-19(15)24)10-11-2-3-12(20)8-16(11)18(23)21-13-4-5-13/h6-7,9,11-13,16H,2-5,8,10H2,1H3,(H,21,23)(H,22,24)/t11-,12+,16-,20-/m0/s1. The molecule has 138 valence electrons. The van der Waals surface area contributed by atoms with E-state index < -0.39 is 5.72 Å². The van der Waals surface area contributed by atoms with Crippen LogP contribution >= 0.6 is 0 Å². The number of carbonyl (C=O) groups is 2. The predicted molar refractivity (Wildman–Crippen MR) is 93.9 cm³/mol. The minimum absolute atomic E-state index is 0.0483. The van der Waals surface area contributed by atoms with Crippen LogP contribution in [0, 0.1) is 17.8 Å². The van der Waals surface area contributed by atoms with Gasteiger partial charge < -0.3 is 20.1 Å². The lowest BCUT2D eigenvalue weighted by atomic mass is 9.60. The molecule has 6 heteroatoms. The van der Waals surface area contributed by atoms with E-state index in [9.17, 15) is 9.59 Å². The van der Waals surface area contributed by atoms with E-state index in [0.717, 1.165) is 32.1 Å². The molecule has 1 spiro atoms. The van der Waals surface area contributed by atoms with Gasteiger partial charge >= 0.3 is 0 Å². The molecule has 0 unspecified atom stereocenters. The first-order chi connectivity index (χ1) is 12.6. The van der Waals surface area contributed by atoms with Gasteiger partial charge in [-0.3, -0.25) is 9.59 Å². The zero-order valence-electron chi connectivity index (χ0n) is 14.9. The van der Waals surface area contributed by atoms with Gasteiger partial charge in [0.15, 0.2) is 5.72 Å². The highest BCUT2D eigenvalue weighted by molar-refractivity contribution is 5.98. The molecule has 4 aliphatic carbocycles. The summed E-state index contributed by atoms with van der Waals surface area (Å²) >= 11 is 0. The Bertz CT molecular complexity index is 775. The number of hydrogen-bond acceptors (Lipinski definition) is 4. The predicted octanol–water partition coefficient (Wildman–Crippen LogP) is 2.23. The molecule has 2 amide bonds. The second kappa shape index (κ2) is 5.63. The molecule has 1 aromatic rings. The number of benzene rings is 1. The summed E-state index contributed by atoms with van der Waals surface area (Å²) in [6.45, 7) is 0. The summed E-state index contributed by atoms with van der Waals surface area (Å²) in [5.41, 5.74) is -0.142. The molecule has 0 radical (unpaired) electrons. The number of fused-ring (bicyclic) bond motifs is 3. The molecule has 26 heavy (non-hydrogen) atoms. The smallest absolute Gasteiger partial charge is 0.258 e. The van der Waals surface area contributed by atoms with E-state index in [1.807, 2.05) is 0 Å². The second-order valence-corrected chi connectivity index (χ2v) is 8.17. The third kappa shape index (κ3) is 2.46. The van der Waals surface area contributed by atoms with Gasteiger partial charge in [0.25, 0.3) is 5.91 Å². The summed E-state index contributed by atoms with van der Waals surface area (Å²) in [6.07, 6.45) is 5.70. The van der Waals surface area contributed by atoms with Crippen LogP contribution in [0.4, 0.5) is 0 Å². The van der Waals surface area contributed by atoms with E-state index in [0.29, 0.717) is 29.5 Å². The van der Waals surface area contributed by atoms with Crippen LogP contribution in [-0.2, 0) is 4.79 Å². The quantitative estimate of drug-likeness (QED) is 0.871. The molecule has 4 fully saturated rings. The Morgan fingerprint density at radius 2 is 2.15 bits per heavy atom. The van der Waals surface area contributed by atoms with Crippen LogP contribution in [0.25, 0.3) is 0 Å². The lowest BCUT2D eigenvalue weighted by molar-refractivity contribution is -0.146. The molecular formula is C20H24N2O4. The summed E-state index contributed by atoms with van der Waals surface area (Å²) in [6, 6.07) is 5.69. The average Bonchev–Trinajstić information content (AvgIpc) is 3.45. The van der Waals surface area contributed by atoms with Gasteiger partial charge in [0, 0.05) is 30.4 Å². The highest BCUT2D eigenvalue weighted by atomic mass is 16.5. The van der Waals surface area contributed by atoms with Crippen LogP contribution in [0.15, 0.2) is 18.2 Å². The Balaban J connectivity index is 1.40. The first kappa shape index (κ1) is 16.0. The largest absolute Gasteiger partial charge is 0.497 e. The fourth-order valence-electron chi connectivity index (χ4n) is 4.98. The van der Waals surface area contributed by atoms with Crippen molar-refractivity contribution < 1.29 is 19.1 Å². The Labute approximate surface area is 152 Å². The van der Waals surface area contributed by atoms with Crippen LogP contribution in [0.3, 0.4) is 0 Å². The highest BCUT2D eigenvalue weighted by Gasteiger charge is 2.57. The molecular weight excluding hydrogens is 332 g/mol. The van der Waals surface area contributed by atoms with Crippen LogP contribution in [0.5, 0.6) is 11.5 Å². The van der Waals surface area contributed by atoms with Crippen LogP contribution in [0.2, 0.25) is 0 Å². The molecule has 1 heterocycles. The van der Waals surface area contributed by atoms with Gasteiger partial charge in [-0.25, -0.2) is 0 Å². The van der Waals surface area contributed by atoms with Crippen molar-refractivity contribution in [1.82, 2.24) is 10.6 Å². The maximum absolute atomic E-state index is 12.7. The number of methoxy groups -OCH3 is 1. The SMILES string of the molecule is COc1ccc2c(c1)O[C@]1(C[C@@H]3CC[C@@H]1C[C@@H]3C(=O)NC1CC1)NC2=O. The molecule has 6 nitrogen and oxygen atoms in total. The summed E-state index contributed by atoms with van der Waals surface area (Å²) in [5.74, 6) is 1.82. The van der Waals surface area contributed by atoms with Gasteiger partial charge in [0.05, 0.1) is 12.7 Å². The van der Waals surface area contributed by atoms with Gasteiger partial charge in [0.1, 0.15) is 11.5 Å². The maximum Gasteiger partial charge on any atom is 0.258 e. The Hall–Kier alpha value is -2.24. The van der Waals surface area contributed by atoms with Gasteiger partial charge in [-0.1, -0.05) is 0 Å². The number of carbonyl (C=O) groups excluding carboxylic acids is 2. The molecule has 0 aromatic heterocycles. The topological polar surface area (TPSA) is 76.7 Å². The number of hydrogen-bond donors (Lipinski definition) is 2. The minimum atomic E-state index is -0.685. The van der Waals surface area contributed by atoms with Gasteiger partial charge in [-0.2, -0.15) is 0 Å². The molecule has 0 saturated heterocycles. The second-order valence-electron chi connectivity index (χ2n) is 8.17. The molecule has 2 N–H and O–H groups in total. The zero-order chi connectivity index (χ0) is 17.9. The molecule has 6 rings (SSSR count). The zero-order valence-corrected chi connectivity index (χ0v) is 14.9. The van der Waals surface area contributed by atoms with E-state index in [2.05, 4.69) is 10.6 Å². The summed E-state index contributed by atoms with van der Waals surface area (Å²) in [5, 5.41) is 6.29. The van der Waals surface area contributed by atoms with Gasteiger partial charge in [-0.05, 0) is 50.2 Å². The lowest BCUT2D eigenvalue weighted by Crippen LogP contribution is -2.67. The summed E-state index contributed by atoms with van der Waals surface area (Å²) in [4.78, 5) is 25.3. The van der Waals surface area contributed by atoms with Crippen molar-refractivity contribution in [1.29, 1.82) is 0 Å². The van der Waals surface area contributed by atoms with Crippen molar-refractivity contribution in [2.45, 2.75) is 50.3 Å². The van der Waals surface area contributed by atoms with E-state index in [1.54, 1.807) is 25.3 Å². The molecule has 4 saturated carbocycles. The average molecular weight is 356 g/mol. The number of amides is 2. The highest BCUT2D eigenvalue weighted by Crippen LogP contribution is 2.52. The van der Waals surface area contributed by atoms with E-state index in [-0.39, 0.29) is 29.6 Å². The van der Waals surface area contributed by atoms with Crippen molar-refractivity contribution >= 4 is 11.8 Å². The van der Waals surface area contributed by atoms with Crippen LogP contribution in [-0.4, -0.2) is 30.7 Å². The summed E-state index contributed by atoms with van der Waals surface area (Å²) in [7, 11) is 1.60. The van der Waals surface area contributed by atoms with Gasteiger partial charge in [0.2, 0.25) is 5.91 Å². The number of nitrogens with one attached hydrogen (secondary N) is 2.